The lowest BCUT2D eigenvalue weighted by Crippen LogP contribution is -2.08. The maximum Gasteiger partial charge on any atom is 0.108 e. The molecule has 2 aromatic rings. The van der Waals surface area contributed by atoms with Crippen molar-refractivity contribution in [1.29, 1.82) is 0 Å². The third kappa shape index (κ3) is 2.95. The predicted molar refractivity (Wildman–Crippen MR) is 76.3 cm³/mol. The summed E-state index contributed by atoms with van der Waals surface area (Å²) in [5.74, 6) is 1.26. The van der Waals surface area contributed by atoms with Crippen LogP contribution in [0.1, 0.15) is 30.1 Å². The van der Waals surface area contributed by atoms with E-state index < -0.39 is 0 Å². The van der Waals surface area contributed by atoms with Crippen molar-refractivity contribution in [3.05, 3.63) is 41.7 Å². The van der Waals surface area contributed by atoms with E-state index in [1.54, 1.807) is 0 Å². The molecule has 3 heterocycles. The number of imidazole rings is 1. The van der Waals surface area contributed by atoms with Gasteiger partial charge in [0.25, 0.3) is 0 Å². The molecule has 4 nitrogen and oxygen atoms in total. The number of anilines is 1. The lowest BCUT2D eigenvalue weighted by Gasteiger charge is -2.11. The molecule has 1 aliphatic rings. The van der Waals surface area contributed by atoms with E-state index >= 15 is 0 Å². The number of pyridine rings is 1. The van der Waals surface area contributed by atoms with E-state index in [0.717, 1.165) is 37.3 Å². The Morgan fingerprint density at radius 1 is 1.37 bits per heavy atom. The van der Waals surface area contributed by atoms with Crippen LogP contribution in [-0.2, 0) is 19.4 Å². The van der Waals surface area contributed by atoms with Gasteiger partial charge in [0.1, 0.15) is 5.82 Å². The summed E-state index contributed by atoms with van der Waals surface area (Å²) in [5, 5.41) is 3.43. The molecule has 100 valence electrons. The molecule has 2 aromatic heterocycles. The SMILES string of the molecule is Cc1cc(NCCc2cn3c(n2)CCCC3)ccn1. The van der Waals surface area contributed by atoms with Gasteiger partial charge < -0.3 is 9.88 Å². The summed E-state index contributed by atoms with van der Waals surface area (Å²) in [4.78, 5) is 8.90. The highest BCUT2D eigenvalue weighted by molar-refractivity contribution is 5.42. The standard InChI is InChI=1S/C15H20N4/c1-12-10-13(5-7-16-12)17-8-6-14-11-19-9-3-2-4-15(19)18-14/h5,7,10-11H,2-4,6,8-9H2,1H3,(H,16,17). The van der Waals surface area contributed by atoms with Gasteiger partial charge in [0.2, 0.25) is 0 Å². The van der Waals surface area contributed by atoms with E-state index in [4.69, 9.17) is 4.98 Å². The fraction of sp³-hybridized carbons (Fsp3) is 0.467. The Balaban J connectivity index is 1.56. The number of hydrogen-bond acceptors (Lipinski definition) is 3. The molecule has 0 atom stereocenters. The van der Waals surface area contributed by atoms with Gasteiger partial charge in [-0.15, -0.1) is 0 Å². The van der Waals surface area contributed by atoms with Crippen molar-refractivity contribution < 1.29 is 0 Å². The van der Waals surface area contributed by atoms with Crippen LogP contribution in [0.4, 0.5) is 5.69 Å². The van der Waals surface area contributed by atoms with E-state index in [1.807, 2.05) is 19.2 Å². The maximum absolute atomic E-state index is 4.71. The van der Waals surface area contributed by atoms with Crippen LogP contribution in [0, 0.1) is 6.92 Å². The minimum atomic E-state index is 0.917. The molecule has 0 radical (unpaired) electrons. The second-order valence-corrected chi connectivity index (χ2v) is 5.16. The zero-order valence-corrected chi connectivity index (χ0v) is 11.4. The molecule has 0 amide bonds. The molecule has 0 aromatic carbocycles. The second-order valence-electron chi connectivity index (χ2n) is 5.16. The first-order valence-electron chi connectivity index (χ1n) is 7.03. The topological polar surface area (TPSA) is 42.7 Å². The van der Waals surface area contributed by atoms with Gasteiger partial charge in [-0.3, -0.25) is 4.98 Å². The van der Waals surface area contributed by atoms with E-state index in [1.165, 1.54) is 24.4 Å². The van der Waals surface area contributed by atoms with Crippen molar-refractivity contribution in [3.8, 4) is 0 Å². The van der Waals surface area contributed by atoms with Crippen molar-refractivity contribution in [3.63, 3.8) is 0 Å². The molecule has 0 saturated heterocycles. The van der Waals surface area contributed by atoms with E-state index in [9.17, 15) is 0 Å². The Labute approximate surface area is 113 Å². The van der Waals surface area contributed by atoms with Gasteiger partial charge in [0.05, 0.1) is 5.69 Å². The summed E-state index contributed by atoms with van der Waals surface area (Å²) in [6.45, 7) is 4.06. The number of aryl methyl sites for hydroxylation is 3. The number of fused-ring (bicyclic) bond motifs is 1. The fourth-order valence-electron chi connectivity index (χ4n) is 2.58. The third-order valence-corrected chi connectivity index (χ3v) is 3.57. The monoisotopic (exact) mass is 256 g/mol. The molecule has 1 aliphatic heterocycles. The molecule has 0 spiro atoms. The number of hydrogen-bond donors (Lipinski definition) is 1. The number of aromatic nitrogens is 3. The molecule has 0 bridgehead atoms. The minimum absolute atomic E-state index is 0.917. The molecule has 19 heavy (non-hydrogen) atoms. The van der Waals surface area contributed by atoms with Crippen LogP contribution >= 0.6 is 0 Å². The van der Waals surface area contributed by atoms with E-state index in [-0.39, 0.29) is 0 Å². The van der Waals surface area contributed by atoms with Gasteiger partial charge in [-0.2, -0.15) is 0 Å². The summed E-state index contributed by atoms with van der Waals surface area (Å²) in [6, 6.07) is 4.07. The van der Waals surface area contributed by atoms with Crippen LogP contribution in [0.2, 0.25) is 0 Å². The van der Waals surface area contributed by atoms with Gasteiger partial charge >= 0.3 is 0 Å². The average Bonchev–Trinajstić information content (AvgIpc) is 2.81. The Bertz CT molecular complexity index is 536. The highest BCUT2D eigenvalue weighted by atomic mass is 15.1. The smallest absolute Gasteiger partial charge is 0.108 e. The molecule has 0 aliphatic carbocycles. The number of nitrogens with one attached hydrogen (secondary N) is 1. The van der Waals surface area contributed by atoms with E-state index in [2.05, 4.69) is 27.1 Å². The van der Waals surface area contributed by atoms with Crippen LogP contribution in [-0.4, -0.2) is 21.1 Å². The highest BCUT2D eigenvalue weighted by Crippen LogP contribution is 2.15. The number of nitrogens with zero attached hydrogens (tertiary/aromatic N) is 3. The van der Waals surface area contributed by atoms with Crippen LogP contribution in [0.3, 0.4) is 0 Å². The van der Waals surface area contributed by atoms with E-state index in [0.29, 0.717) is 0 Å². The Morgan fingerprint density at radius 3 is 3.16 bits per heavy atom. The first kappa shape index (κ1) is 12.2. The normalized spacial score (nSPS) is 14.2. The summed E-state index contributed by atoms with van der Waals surface area (Å²) in [6.07, 6.45) is 8.74. The highest BCUT2D eigenvalue weighted by Gasteiger charge is 2.11. The van der Waals surface area contributed by atoms with Gasteiger partial charge in [-0.1, -0.05) is 0 Å². The Morgan fingerprint density at radius 2 is 2.32 bits per heavy atom. The van der Waals surface area contributed by atoms with Crippen molar-refractivity contribution >= 4 is 5.69 Å². The zero-order valence-electron chi connectivity index (χ0n) is 11.4. The van der Waals surface area contributed by atoms with Gasteiger partial charge in [0.15, 0.2) is 0 Å². The molecule has 3 rings (SSSR count). The quantitative estimate of drug-likeness (QED) is 0.914. The first-order valence-corrected chi connectivity index (χ1v) is 7.03. The average molecular weight is 256 g/mol. The van der Waals surface area contributed by atoms with Gasteiger partial charge in [-0.25, -0.2) is 4.98 Å². The summed E-state index contributed by atoms with van der Waals surface area (Å²) < 4.78 is 2.31. The molecular formula is C15H20N4. The van der Waals surface area contributed by atoms with Gasteiger partial charge in [-0.05, 0) is 31.9 Å². The van der Waals surface area contributed by atoms with Crippen LogP contribution in [0.5, 0.6) is 0 Å². The second kappa shape index (κ2) is 5.43. The molecule has 0 unspecified atom stereocenters. The van der Waals surface area contributed by atoms with Crippen LogP contribution in [0.25, 0.3) is 0 Å². The predicted octanol–water partition coefficient (Wildman–Crippen LogP) is 2.58. The zero-order chi connectivity index (χ0) is 13.1. The van der Waals surface area contributed by atoms with Crippen molar-refractivity contribution in [1.82, 2.24) is 14.5 Å². The Hall–Kier alpha value is -1.84. The minimum Gasteiger partial charge on any atom is -0.385 e. The fourth-order valence-corrected chi connectivity index (χ4v) is 2.58. The maximum atomic E-state index is 4.71. The molecule has 0 saturated carbocycles. The van der Waals surface area contributed by atoms with Crippen molar-refractivity contribution in [2.75, 3.05) is 11.9 Å². The summed E-state index contributed by atoms with van der Waals surface area (Å²) >= 11 is 0. The lowest BCUT2D eigenvalue weighted by molar-refractivity contribution is 0.522. The third-order valence-electron chi connectivity index (χ3n) is 3.57. The lowest BCUT2D eigenvalue weighted by atomic mass is 10.2. The molecule has 4 heteroatoms. The van der Waals surface area contributed by atoms with Gasteiger partial charge in [0, 0.05) is 49.7 Å². The van der Waals surface area contributed by atoms with Crippen molar-refractivity contribution in [2.24, 2.45) is 0 Å². The first-order chi connectivity index (χ1) is 9.31. The molecular weight excluding hydrogens is 236 g/mol. The molecule has 1 N–H and O–H groups in total. The Kier molecular flexibility index (Phi) is 3.49. The van der Waals surface area contributed by atoms with Crippen LogP contribution < -0.4 is 5.32 Å². The molecule has 0 fully saturated rings. The summed E-state index contributed by atoms with van der Waals surface area (Å²) in [5.41, 5.74) is 3.38. The largest absolute Gasteiger partial charge is 0.385 e. The number of rotatable bonds is 4. The summed E-state index contributed by atoms with van der Waals surface area (Å²) in [7, 11) is 0. The van der Waals surface area contributed by atoms with Crippen LogP contribution in [0.15, 0.2) is 24.5 Å². The van der Waals surface area contributed by atoms with Crippen molar-refractivity contribution in [2.45, 2.75) is 39.2 Å².